The molecule has 7 nitrogen and oxygen atoms in total. The molecule has 18 heavy (non-hydrogen) atoms. The molecule has 2 rings (SSSR count). The smallest absolute Gasteiger partial charge is 0.267 e. The van der Waals surface area contributed by atoms with E-state index in [1.165, 1.54) is 7.05 Å². The monoisotopic (exact) mass is 249 g/mol. The minimum Gasteiger partial charge on any atom is -0.267 e. The molecule has 0 saturated carbocycles. The van der Waals surface area contributed by atoms with Gasteiger partial charge in [-0.2, -0.15) is 10.1 Å². The molecule has 2 heterocycles. The van der Waals surface area contributed by atoms with E-state index in [9.17, 15) is 9.59 Å². The van der Waals surface area contributed by atoms with Crippen molar-refractivity contribution in [3.8, 4) is 11.5 Å². The number of aryl methyl sites for hydroxylation is 2. The van der Waals surface area contributed by atoms with Crippen molar-refractivity contribution < 1.29 is 0 Å². The van der Waals surface area contributed by atoms with Gasteiger partial charge in [0, 0.05) is 20.0 Å². The Kier molecular flexibility index (Phi) is 3.22. The molecule has 0 atom stereocenters. The van der Waals surface area contributed by atoms with Gasteiger partial charge in [0.25, 0.3) is 5.56 Å². The molecule has 2 aliphatic rings. The molecule has 0 spiro atoms. The fraction of sp³-hybridized carbons (Fsp3) is 0.545. The molecule has 0 aromatic heterocycles. The van der Waals surface area contributed by atoms with E-state index in [0.717, 1.165) is 11.0 Å². The predicted octanol–water partition coefficient (Wildman–Crippen LogP) is -0.191. The van der Waals surface area contributed by atoms with Gasteiger partial charge >= 0.3 is 5.69 Å². The van der Waals surface area contributed by atoms with E-state index in [1.807, 2.05) is 13.8 Å². The number of aromatic nitrogens is 5. The Morgan fingerprint density at radius 2 is 1.89 bits per heavy atom. The van der Waals surface area contributed by atoms with Gasteiger partial charge in [-0.05, 0) is 13.3 Å². The lowest BCUT2D eigenvalue weighted by molar-refractivity contribution is 0.582. The van der Waals surface area contributed by atoms with Crippen LogP contribution in [0.2, 0.25) is 0 Å². The molecule has 0 amide bonds. The van der Waals surface area contributed by atoms with Gasteiger partial charge in [-0.25, -0.2) is 14.5 Å². The summed E-state index contributed by atoms with van der Waals surface area (Å²) in [6.45, 7) is 4.43. The summed E-state index contributed by atoms with van der Waals surface area (Å²) in [7, 11) is 1.40. The van der Waals surface area contributed by atoms with E-state index in [-0.39, 0.29) is 11.5 Å². The zero-order chi connectivity index (χ0) is 13.3. The summed E-state index contributed by atoms with van der Waals surface area (Å²) in [6.07, 6.45) is 1.58. The molecule has 0 aromatic carbocycles. The van der Waals surface area contributed by atoms with Crippen LogP contribution < -0.4 is 11.2 Å². The lowest BCUT2D eigenvalue weighted by atomic mass is 10.3. The standard InChI is InChI=1S/C11H15N5O2/c1-4-6-7-12-8-9(16(5-2)14-7)13-11(18)15(3)10(8)17/h4-6H2,1-3H3. The molecular formula is C11H15N5O2. The van der Waals surface area contributed by atoms with Gasteiger partial charge in [-0.15, -0.1) is 0 Å². The summed E-state index contributed by atoms with van der Waals surface area (Å²) in [5, 5.41) is 4.28. The van der Waals surface area contributed by atoms with Crippen LogP contribution in [0.25, 0.3) is 11.5 Å². The molecule has 96 valence electrons. The third-order valence-corrected chi connectivity index (χ3v) is 2.70. The largest absolute Gasteiger partial charge is 0.352 e. The van der Waals surface area contributed by atoms with Crippen molar-refractivity contribution >= 4 is 0 Å². The fourth-order valence-electron chi connectivity index (χ4n) is 1.73. The quantitative estimate of drug-likeness (QED) is 0.753. The van der Waals surface area contributed by atoms with E-state index in [0.29, 0.717) is 18.8 Å². The van der Waals surface area contributed by atoms with Crippen molar-refractivity contribution in [2.75, 3.05) is 0 Å². The topological polar surface area (TPSA) is 82.7 Å². The van der Waals surface area contributed by atoms with E-state index in [4.69, 9.17) is 0 Å². The molecule has 0 saturated heterocycles. The second-order valence-electron chi connectivity index (χ2n) is 4.02. The molecule has 2 aliphatic heterocycles. The minimum atomic E-state index is -0.582. The lowest BCUT2D eigenvalue weighted by Crippen LogP contribution is -2.37. The molecule has 0 aliphatic carbocycles. The first-order valence-electron chi connectivity index (χ1n) is 5.93. The maximum Gasteiger partial charge on any atom is 0.352 e. The summed E-state index contributed by atoms with van der Waals surface area (Å²) in [6, 6.07) is 0. The summed E-state index contributed by atoms with van der Waals surface area (Å²) in [4.78, 5) is 31.6. The predicted molar refractivity (Wildman–Crippen MR) is 65.6 cm³/mol. The summed E-state index contributed by atoms with van der Waals surface area (Å²) in [5.74, 6) is 0.856. The first-order chi connectivity index (χ1) is 8.58. The van der Waals surface area contributed by atoms with Crippen LogP contribution in [0.3, 0.4) is 0 Å². The molecule has 0 radical (unpaired) electrons. The van der Waals surface area contributed by atoms with Crippen molar-refractivity contribution in [3.05, 3.63) is 26.7 Å². The van der Waals surface area contributed by atoms with Crippen LogP contribution in [0.5, 0.6) is 0 Å². The van der Waals surface area contributed by atoms with Crippen LogP contribution in [-0.2, 0) is 20.0 Å². The Morgan fingerprint density at radius 1 is 1.17 bits per heavy atom. The van der Waals surface area contributed by atoms with Crippen molar-refractivity contribution in [2.45, 2.75) is 33.2 Å². The van der Waals surface area contributed by atoms with Crippen LogP contribution in [0.15, 0.2) is 9.59 Å². The Bertz CT molecular complexity index is 658. The van der Waals surface area contributed by atoms with Crippen molar-refractivity contribution in [1.29, 1.82) is 0 Å². The van der Waals surface area contributed by atoms with Crippen molar-refractivity contribution in [2.24, 2.45) is 7.05 Å². The van der Waals surface area contributed by atoms with E-state index in [1.54, 1.807) is 4.68 Å². The Morgan fingerprint density at radius 3 is 2.50 bits per heavy atom. The third kappa shape index (κ3) is 1.92. The Labute approximate surface area is 103 Å². The number of hydrogen-bond acceptors (Lipinski definition) is 5. The van der Waals surface area contributed by atoms with Crippen LogP contribution in [-0.4, -0.2) is 24.3 Å². The van der Waals surface area contributed by atoms with Gasteiger partial charge in [0.2, 0.25) is 0 Å². The van der Waals surface area contributed by atoms with Crippen LogP contribution >= 0.6 is 0 Å². The molecule has 0 bridgehead atoms. The summed E-state index contributed by atoms with van der Waals surface area (Å²) < 4.78 is 2.52. The molecular weight excluding hydrogens is 234 g/mol. The first-order valence-corrected chi connectivity index (χ1v) is 5.93. The van der Waals surface area contributed by atoms with E-state index in [2.05, 4.69) is 15.1 Å². The fourth-order valence-corrected chi connectivity index (χ4v) is 1.73. The van der Waals surface area contributed by atoms with Gasteiger partial charge < -0.3 is 0 Å². The molecule has 0 N–H and O–H groups in total. The summed E-state index contributed by atoms with van der Waals surface area (Å²) >= 11 is 0. The lowest BCUT2D eigenvalue weighted by Gasteiger charge is -2.12. The van der Waals surface area contributed by atoms with Gasteiger partial charge in [-0.1, -0.05) is 6.92 Å². The maximum absolute atomic E-state index is 12.0. The molecule has 7 heteroatoms. The van der Waals surface area contributed by atoms with Crippen LogP contribution in [0.4, 0.5) is 0 Å². The third-order valence-electron chi connectivity index (χ3n) is 2.70. The van der Waals surface area contributed by atoms with Gasteiger partial charge in [0.05, 0.1) is 0 Å². The number of nitrogens with zero attached hydrogens (tertiary/aromatic N) is 5. The minimum absolute atomic E-state index is 0.206. The maximum atomic E-state index is 12.0. The normalized spacial score (nSPS) is 11.1. The highest BCUT2D eigenvalue weighted by Gasteiger charge is 2.19. The van der Waals surface area contributed by atoms with E-state index < -0.39 is 11.2 Å². The molecule has 0 unspecified atom stereocenters. The van der Waals surface area contributed by atoms with Crippen molar-refractivity contribution in [1.82, 2.24) is 24.3 Å². The zero-order valence-corrected chi connectivity index (χ0v) is 10.7. The second-order valence-corrected chi connectivity index (χ2v) is 4.02. The average Bonchev–Trinajstić information content (AvgIpc) is 2.37. The van der Waals surface area contributed by atoms with Gasteiger partial charge in [0.15, 0.2) is 11.5 Å². The molecule has 0 aromatic rings. The van der Waals surface area contributed by atoms with Crippen LogP contribution in [0.1, 0.15) is 26.1 Å². The number of hydrogen-bond donors (Lipinski definition) is 0. The number of rotatable bonds is 3. The Balaban J connectivity index is 2.83. The van der Waals surface area contributed by atoms with Crippen LogP contribution in [0, 0.1) is 0 Å². The zero-order valence-electron chi connectivity index (χ0n) is 10.7. The van der Waals surface area contributed by atoms with Gasteiger partial charge in [0.1, 0.15) is 5.82 Å². The average molecular weight is 249 g/mol. The highest BCUT2D eigenvalue weighted by molar-refractivity contribution is 5.47. The van der Waals surface area contributed by atoms with Crippen molar-refractivity contribution in [3.63, 3.8) is 0 Å². The Hall–Kier alpha value is -2.05. The first kappa shape index (κ1) is 12.4. The number of fused-ring (bicyclic) bond motifs is 1. The van der Waals surface area contributed by atoms with E-state index >= 15 is 0 Å². The molecule has 0 fully saturated rings. The summed E-state index contributed by atoms with van der Waals surface area (Å²) in [5.41, 5.74) is -0.800. The SMILES string of the molecule is CCCc1nc2c(=O)n(C)c(=O)nc-2n(CC)n1. The highest BCUT2D eigenvalue weighted by atomic mass is 16.2. The van der Waals surface area contributed by atoms with Gasteiger partial charge in [-0.3, -0.25) is 9.36 Å². The highest BCUT2D eigenvalue weighted by Crippen LogP contribution is 2.10. The second kappa shape index (κ2) is 4.67.